The molecule has 0 fully saturated rings. The first-order valence-corrected chi connectivity index (χ1v) is 7.12. The van der Waals surface area contributed by atoms with Gasteiger partial charge in [0.25, 0.3) is 11.8 Å². The van der Waals surface area contributed by atoms with Crippen molar-refractivity contribution in [2.75, 3.05) is 6.61 Å². The number of amides is 2. The molecule has 0 aliphatic carbocycles. The maximum atomic E-state index is 12.2. The predicted molar refractivity (Wildman–Crippen MR) is 88.2 cm³/mol. The SMILES string of the molecule is C=CCOc1ccccc1C(=O)NNC(=O)c1ccccc1C. The third kappa shape index (κ3) is 4.20. The predicted octanol–water partition coefficient (Wildman–Crippen LogP) is 2.63. The number of benzene rings is 2. The molecule has 2 aromatic rings. The fraction of sp³-hybridized carbons (Fsp3) is 0.111. The lowest BCUT2D eigenvalue weighted by Crippen LogP contribution is -2.42. The molecule has 2 rings (SSSR count). The molecule has 0 atom stereocenters. The van der Waals surface area contributed by atoms with Gasteiger partial charge in [0.1, 0.15) is 12.4 Å². The summed E-state index contributed by atoms with van der Waals surface area (Å²) in [5, 5.41) is 0. The van der Waals surface area contributed by atoms with E-state index in [2.05, 4.69) is 17.4 Å². The van der Waals surface area contributed by atoms with Crippen LogP contribution < -0.4 is 15.6 Å². The number of aryl methyl sites for hydroxylation is 1. The van der Waals surface area contributed by atoms with Gasteiger partial charge in [-0.15, -0.1) is 0 Å². The van der Waals surface area contributed by atoms with E-state index < -0.39 is 5.91 Å². The molecule has 0 aromatic heterocycles. The van der Waals surface area contributed by atoms with Crippen molar-refractivity contribution in [3.8, 4) is 5.75 Å². The highest BCUT2D eigenvalue weighted by Crippen LogP contribution is 2.17. The Labute approximate surface area is 134 Å². The molecule has 0 aliphatic rings. The van der Waals surface area contributed by atoms with Crippen LogP contribution in [0.4, 0.5) is 0 Å². The van der Waals surface area contributed by atoms with Gasteiger partial charge in [0.2, 0.25) is 0 Å². The van der Waals surface area contributed by atoms with E-state index in [0.29, 0.717) is 23.5 Å². The molecule has 0 heterocycles. The van der Waals surface area contributed by atoms with Crippen LogP contribution in [-0.2, 0) is 0 Å². The van der Waals surface area contributed by atoms with Crippen LogP contribution in [0.3, 0.4) is 0 Å². The third-order valence-corrected chi connectivity index (χ3v) is 3.17. The summed E-state index contributed by atoms with van der Waals surface area (Å²) in [6, 6.07) is 13.9. The van der Waals surface area contributed by atoms with Crippen LogP contribution >= 0.6 is 0 Å². The van der Waals surface area contributed by atoms with Crippen LogP contribution in [0.1, 0.15) is 26.3 Å². The van der Waals surface area contributed by atoms with Crippen molar-refractivity contribution >= 4 is 11.8 Å². The number of hydrogen-bond donors (Lipinski definition) is 2. The molecule has 0 spiro atoms. The molecule has 2 aromatic carbocycles. The Morgan fingerprint density at radius 3 is 2.22 bits per heavy atom. The molecule has 2 N–H and O–H groups in total. The van der Waals surface area contributed by atoms with Crippen LogP contribution in [-0.4, -0.2) is 18.4 Å². The van der Waals surface area contributed by atoms with Gasteiger partial charge in [-0.25, -0.2) is 0 Å². The van der Waals surface area contributed by atoms with E-state index in [4.69, 9.17) is 4.74 Å². The lowest BCUT2D eigenvalue weighted by atomic mass is 10.1. The molecule has 2 amide bonds. The molecule has 5 heteroatoms. The van der Waals surface area contributed by atoms with E-state index in [0.717, 1.165) is 5.56 Å². The van der Waals surface area contributed by atoms with Gasteiger partial charge in [-0.05, 0) is 30.7 Å². The second-order valence-electron chi connectivity index (χ2n) is 4.82. The fourth-order valence-electron chi connectivity index (χ4n) is 2.00. The summed E-state index contributed by atoms with van der Waals surface area (Å²) < 4.78 is 5.43. The molecule has 0 radical (unpaired) electrons. The normalized spacial score (nSPS) is 9.78. The molecule has 0 saturated carbocycles. The third-order valence-electron chi connectivity index (χ3n) is 3.17. The summed E-state index contributed by atoms with van der Waals surface area (Å²) in [5.41, 5.74) is 6.47. The Kier molecular flexibility index (Phi) is 5.52. The van der Waals surface area contributed by atoms with Crippen molar-refractivity contribution in [2.45, 2.75) is 6.92 Å². The van der Waals surface area contributed by atoms with Crippen LogP contribution in [0.2, 0.25) is 0 Å². The first kappa shape index (κ1) is 16.3. The van der Waals surface area contributed by atoms with Crippen molar-refractivity contribution in [3.63, 3.8) is 0 Å². The van der Waals surface area contributed by atoms with E-state index in [1.165, 1.54) is 0 Å². The van der Waals surface area contributed by atoms with Gasteiger partial charge in [-0.3, -0.25) is 20.4 Å². The van der Waals surface area contributed by atoms with Crippen LogP contribution in [0.5, 0.6) is 5.75 Å². The second-order valence-corrected chi connectivity index (χ2v) is 4.82. The number of para-hydroxylation sites is 1. The van der Waals surface area contributed by atoms with Gasteiger partial charge in [0.05, 0.1) is 5.56 Å². The molecule has 0 unspecified atom stereocenters. The molecule has 118 valence electrons. The van der Waals surface area contributed by atoms with E-state index in [1.807, 2.05) is 19.1 Å². The van der Waals surface area contributed by atoms with Gasteiger partial charge in [0, 0.05) is 5.56 Å². The highest BCUT2D eigenvalue weighted by Gasteiger charge is 2.14. The molecular weight excluding hydrogens is 292 g/mol. The van der Waals surface area contributed by atoms with Crippen LogP contribution in [0.15, 0.2) is 61.2 Å². The summed E-state index contributed by atoms with van der Waals surface area (Å²) in [4.78, 5) is 24.3. The molecule has 5 nitrogen and oxygen atoms in total. The summed E-state index contributed by atoms with van der Waals surface area (Å²) >= 11 is 0. The monoisotopic (exact) mass is 310 g/mol. The van der Waals surface area contributed by atoms with Gasteiger partial charge >= 0.3 is 0 Å². The van der Waals surface area contributed by atoms with Crippen LogP contribution in [0.25, 0.3) is 0 Å². The largest absolute Gasteiger partial charge is 0.489 e. The number of hydrazine groups is 1. The lowest BCUT2D eigenvalue weighted by molar-refractivity contribution is 0.0844. The molecule has 23 heavy (non-hydrogen) atoms. The Morgan fingerprint density at radius 2 is 1.57 bits per heavy atom. The molecular formula is C18H18N2O3. The number of rotatable bonds is 5. The summed E-state index contributed by atoms with van der Waals surface area (Å²) in [7, 11) is 0. The number of nitrogens with one attached hydrogen (secondary N) is 2. The van der Waals surface area contributed by atoms with E-state index in [1.54, 1.807) is 42.5 Å². The number of carbonyl (C=O) groups is 2. The lowest BCUT2D eigenvalue weighted by Gasteiger charge is -2.12. The van der Waals surface area contributed by atoms with Gasteiger partial charge < -0.3 is 4.74 Å². The zero-order valence-electron chi connectivity index (χ0n) is 12.8. The van der Waals surface area contributed by atoms with E-state index >= 15 is 0 Å². The highest BCUT2D eigenvalue weighted by molar-refractivity contribution is 6.00. The smallest absolute Gasteiger partial charge is 0.273 e. The van der Waals surface area contributed by atoms with Crippen molar-refractivity contribution in [2.24, 2.45) is 0 Å². The van der Waals surface area contributed by atoms with Gasteiger partial charge in [-0.2, -0.15) is 0 Å². The standard InChI is InChI=1S/C18H18N2O3/c1-3-12-23-16-11-7-6-10-15(16)18(22)20-19-17(21)14-9-5-4-8-13(14)2/h3-11H,1,12H2,2H3,(H,19,21)(H,20,22). The van der Waals surface area contributed by atoms with Crippen molar-refractivity contribution in [1.29, 1.82) is 0 Å². The summed E-state index contributed by atoms with van der Waals surface area (Å²) in [6.45, 7) is 5.69. The first-order chi connectivity index (χ1) is 11.1. The minimum absolute atomic E-state index is 0.292. The van der Waals surface area contributed by atoms with E-state index in [9.17, 15) is 9.59 Å². The van der Waals surface area contributed by atoms with Crippen molar-refractivity contribution in [3.05, 3.63) is 77.9 Å². The fourth-order valence-corrected chi connectivity index (χ4v) is 2.00. The Morgan fingerprint density at radius 1 is 1.00 bits per heavy atom. The summed E-state index contributed by atoms with van der Waals surface area (Å²) in [5.74, 6) is -0.400. The topological polar surface area (TPSA) is 67.4 Å². The number of hydrogen-bond acceptors (Lipinski definition) is 3. The first-order valence-electron chi connectivity index (χ1n) is 7.12. The molecule has 0 bridgehead atoms. The molecule has 0 saturated heterocycles. The quantitative estimate of drug-likeness (QED) is 0.659. The van der Waals surface area contributed by atoms with Crippen molar-refractivity contribution < 1.29 is 14.3 Å². The highest BCUT2D eigenvalue weighted by atomic mass is 16.5. The average Bonchev–Trinajstić information content (AvgIpc) is 2.58. The Bertz CT molecular complexity index is 726. The average molecular weight is 310 g/mol. The number of carbonyl (C=O) groups excluding carboxylic acids is 2. The van der Waals surface area contributed by atoms with Crippen molar-refractivity contribution in [1.82, 2.24) is 10.9 Å². The van der Waals surface area contributed by atoms with Crippen LogP contribution in [0, 0.1) is 6.92 Å². The van der Waals surface area contributed by atoms with Gasteiger partial charge in [0.15, 0.2) is 0 Å². The maximum absolute atomic E-state index is 12.2. The molecule has 0 aliphatic heterocycles. The Hall–Kier alpha value is -3.08. The number of ether oxygens (including phenoxy) is 1. The van der Waals surface area contributed by atoms with E-state index in [-0.39, 0.29) is 5.91 Å². The zero-order valence-corrected chi connectivity index (χ0v) is 12.8. The maximum Gasteiger partial charge on any atom is 0.273 e. The Balaban J connectivity index is 2.04. The zero-order chi connectivity index (χ0) is 16.7. The second kappa shape index (κ2) is 7.79. The minimum atomic E-state index is -0.452. The van der Waals surface area contributed by atoms with Gasteiger partial charge in [-0.1, -0.05) is 43.0 Å². The summed E-state index contributed by atoms with van der Waals surface area (Å²) in [6.07, 6.45) is 1.59. The minimum Gasteiger partial charge on any atom is -0.489 e.